The van der Waals surface area contributed by atoms with Crippen LogP contribution in [0.15, 0.2) is 59.5 Å². The number of β-amino-alcohol motifs (C(OH)–C–C–N with tert-alkyl or cyclic N) is 1. The van der Waals surface area contributed by atoms with Crippen LogP contribution in [0.3, 0.4) is 0 Å². The van der Waals surface area contributed by atoms with E-state index < -0.39 is 23.4 Å². The minimum absolute atomic E-state index is 0.00603. The number of imidazole rings is 1. The lowest BCUT2D eigenvalue weighted by Crippen LogP contribution is -2.49. The Hall–Kier alpha value is -7.14. The van der Waals surface area contributed by atoms with Crippen LogP contribution >= 0.6 is 0 Å². The average molecular weight is 1060 g/mol. The fourth-order valence-electron chi connectivity index (χ4n) is 13.9. The second-order valence-corrected chi connectivity index (χ2v) is 23.1. The number of carbonyl (C=O) groups is 3. The summed E-state index contributed by atoms with van der Waals surface area (Å²) < 4.78 is 33.0. The highest BCUT2D eigenvalue weighted by Gasteiger charge is 2.50. The highest BCUT2D eigenvalue weighted by molar-refractivity contribution is 6.03. The molecule has 0 aliphatic carbocycles. The number of nitrogens with zero attached hydrogens (tertiary/aromatic N) is 9. The largest absolute Gasteiger partial charge is 0.508 e. The summed E-state index contributed by atoms with van der Waals surface area (Å²) in [6.07, 6.45) is 16.3. The summed E-state index contributed by atoms with van der Waals surface area (Å²) in [6.45, 7) is 8.26. The topological polar surface area (TPSA) is 201 Å². The smallest absolute Gasteiger partial charge is 0.409 e. The maximum atomic E-state index is 17.2. The van der Waals surface area contributed by atoms with E-state index in [0.29, 0.717) is 89.4 Å². The van der Waals surface area contributed by atoms with Gasteiger partial charge < -0.3 is 34.4 Å². The number of phenols is 1. The minimum Gasteiger partial charge on any atom is -0.508 e. The molecule has 4 atom stereocenters. The van der Waals surface area contributed by atoms with Crippen LogP contribution in [0.2, 0.25) is 0 Å². The van der Waals surface area contributed by atoms with E-state index in [9.17, 15) is 29.4 Å². The van der Waals surface area contributed by atoms with Crippen LogP contribution in [-0.4, -0.2) is 150 Å². The van der Waals surface area contributed by atoms with Crippen molar-refractivity contribution in [2.24, 2.45) is 13.0 Å². The Morgan fingerprint density at radius 2 is 1.74 bits per heavy atom. The number of likely N-dealkylation sites (tertiary alicyclic amines) is 2. The first-order valence-electron chi connectivity index (χ1n) is 27.8. The van der Waals surface area contributed by atoms with Crippen molar-refractivity contribution in [1.82, 2.24) is 44.1 Å². The number of carbonyl (C=O) groups excluding carboxylic acids is 3. The highest BCUT2D eigenvalue weighted by Crippen LogP contribution is 2.44. The number of ether oxygens (including phenoxy) is 2. The normalized spacial score (nSPS) is 24.8. The number of amides is 3. The molecule has 18 nitrogen and oxygen atoms in total. The molecule has 3 aromatic carbocycles. The zero-order chi connectivity index (χ0) is 54.0. The minimum atomic E-state index is -0.984. The Morgan fingerprint density at radius 3 is 2.53 bits per heavy atom. The molecule has 6 aromatic rings. The summed E-state index contributed by atoms with van der Waals surface area (Å²) >= 11 is 0. The summed E-state index contributed by atoms with van der Waals surface area (Å²) in [7, 11) is 1.74. The molecule has 1 unspecified atom stereocenters. The SMILES string of the molecule is C#Cc1cccc2cc(O)cc(-c3ncc4c(N5CCC[C@@](C)(O)C5)nc(OC[C@@]56CCCN5[C@H](COC(=O)N5CCC(CN7CCC(c8ccc9c(c8)n(C)c(=O)n9C8CCC(=O)NC8=O)CC7)CC5)CC6)nc4c3F)c12. The van der Waals surface area contributed by atoms with Crippen LogP contribution in [0.1, 0.15) is 107 Å². The second kappa shape index (κ2) is 20.6. The van der Waals surface area contributed by atoms with E-state index in [1.807, 2.05) is 15.9 Å². The fourth-order valence-corrected chi connectivity index (χ4v) is 13.9. The van der Waals surface area contributed by atoms with E-state index in [-0.39, 0.29) is 78.4 Å². The zero-order valence-corrected chi connectivity index (χ0v) is 44.4. The molecule has 3 aromatic heterocycles. The lowest BCUT2D eigenvalue weighted by Gasteiger charge is -2.38. The number of benzene rings is 3. The molecular formula is C59H67FN10O8. The molecule has 3 N–H and O–H groups in total. The molecule has 78 heavy (non-hydrogen) atoms. The molecule has 0 saturated carbocycles. The Morgan fingerprint density at radius 1 is 0.936 bits per heavy atom. The van der Waals surface area contributed by atoms with Crippen molar-refractivity contribution in [3.8, 4) is 35.4 Å². The van der Waals surface area contributed by atoms with E-state index in [2.05, 4.69) is 38.2 Å². The van der Waals surface area contributed by atoms with Gasteiger partial charge in [-0.05, 0) is 150 Å². The van der Waals surface area contributed by atoms with Gasteiger partial charge in [-0.3, -0.25) is 33.9 Å². The van der Waals surface area contributed by atoms with Crippen molar-refractivity contribution in [3.05, 3.63) is 82.2 Å². The standard InChI is InChI=1S/C59H67FN10O8/c1-4-37-8-5-9-40-28-42(71)30-43(49(37)40)51-50(60)52-44(31-61-51)53(68-22-6-19-58(2,76)34-68)64-55(63-52)78-35-59-20-7-23-69(59)41(14-21-59)33-77-57(75)67-26-15-36(16-27-67)32-66-24-17-38(18-25-66)39-10-11-45-47(29-39)65(3)56(74)70(45)46-12-13-48(72)62-54(46)73/h1,5,8-11,28-31,36,38,41,46,71,76H,6-7,12-27,32-35H2,2-3H3,(H,62,72,73)/t41-,46?,58+,59-/m0/s1. The zero-order valence-electron chi connectivity index (χ0n) is 44.4. The van der Waals surface area contributed by atoms with E-state index in [1.165, 1.54) is 16.2 Å². The predicted molar refractivity (Wildman–Crippen MR) is 292 cm³/mol. The molecule has 9 heterocycles. The number of hydrogen-bond donors (Lipinski definition) is 3. The molecule has 6 saturated heterocycles. The highest BCUT2D eigenvalue weighted by atomic mass is 19.1. The average Bonchev–Trinajstić information content (AvgIpc) is 4.21. The van der Waals surface area contributed by atoms with Crippen LogP contribution < -0.4 is 20.6 Å². The van der Waals surface area contributed by atoms with Gasteiger partial charge in [-0.1, -0.05) is 24.1 Å². The second-order valence-electron chi connectivity index (χ2n) is 23.1. The van der Waals surface area contributed by atoms with Gasteiger partial charge in [0.25, 0.3) is 0 Å². The quantitative estimate of drug-likeness (QED) is 0.0908. The molecular weight excluding hydrogens is 996 g/mol. The number of pyridine rings is 1. The van der Waals surface area contributed by atoms with Gasteiger partial charge >= 0.3 is 17.8 Å². The third kappa shape index (κ3) is 9.59. The van der Waals surface area contributed by atoms with Gasteiger partial charge in [-0.25, -0.2) is 14.0 Å². The monoisotopic (exact) mass is 1060 g/mol. The lowest BCUT2D eigenvalue weighted by atomic mass is 9.88. The molecule has 19 heteroatoms. The maximum Gasteiger partial charge on any atom is 0.409 e. The van der Waals surface area contributed by atoms with E-state index in [4.69, 9.17) is 25.9 Å². The Bertz CT molecular complexity index is 3470. The van der Waals surface area contributed by atoms with Crippen molar-refractivity contribution in [2.75, 3.05) is 70.5 Å². The van der Waals surface area contributed by atoms with Crippen molar-refractivity contribution in [2.45, 2.75) is 113 Å². The van der Waals surface area contributed by atoms with Gasteiger partial charge in [0.15, 0.2) is 5.82 Å². The van der Waals surface area contributed by atoms with E-state index in [1.54, 1.807) is 49.0 Å². The van der Waals surface area contributed by atoms with Gasteiger partial charge in [-0.2, -0.15) is 9.97 Å². The van der Waals surface area contributed by atoms with Gasteiger partial charge in [0.05, 0.1) is 27.6 Å². The molecule has 0 radical (unpaired) electrons. The Labute approximate surface area is 451 Å². The molecule has 12 rings (SSSR count). The van der Waals surface area contributed by atoms with Crippen LogP contribution in [0.4, 0.5) is 15.0 Å². The predicted octanol–water partition coefficient (Wildman–Crippen LogP) is 6.76. The first-order valence-corrected chi connectivity index (χ1v) is 27.8. The van der Waals surface area contributed by atoms with Gasteiger partial charge in [0.2, 0.25) is 11.8 Å². The van der Waals surface area contributed by atoms with Crippen molar-refractivity contribution < 1.29 is 38.5 Å². The summed E-state index contributed by atoms with van der Waals surface area (Å²) in [5.74, 6) is 2.44. The number of piperidine rings is 4. The van der Waals surface area contributed by atoms with Crippen molar-refractivity contribution >= 4 is 56.4 Å². The number of imide groups is 1. The summed E-state index contributed by atoms with van der Waals surface area (Å²) in [4.78, 5) is 74.4. The molecule has 3 amide bonds. The van der Waals surface area contributed by atoms with Crippen LogP contribution in [0.5, 0.6) is 11.8 Å². The fraction of sp³-hybridized carbons (Fsp3) is 0.508. The Balaban J connectivity index is 0.660. The first kappa shape index (κ1) is 51.6. The number of aliphatic hydroxyl groups is 1. The third-order valence-corrected chi connectivity index (χ3v) is 18.0. The maximum absolute atomic E-state index is 17.2. The van der Waals surface area contributed by atoms with Crippen molar-refractivity contribution in [1.29, 1.82) is 0 Å². The number of nitrogens with one attached hydrogen (secondary N) is 1. The van der Waals surface area contributed by atoms with Crippen LogP contribution in [0.25, 0.3) is 44.0 Å². The number of fused-ring (bicyclic) bond motifs is 4. The van der Waals surface area contributed by atoms with Gasteiger partial charge in [0, 0.05) is 74.9 Å². The molecule has 0 spiro atoms. The van der Waals surface area contributed by atoms with E-state index in [0.717, 1.165) is 83.1 Å². The number of hydrogen-bond acceptors (Lipinski definition) is 14. The number of phenolic OH excluding ortho intramolecular Hbond substituents is 1. The number of aromatic hydroxyl groups is 1. The molecule has 408 valence electrons. The summed E-state index contributed by atoms with van der Waals surface area (Å²) in [5.41, 5.74) is 1.95. The summed E-state index contributed by atoms with van der Waals surface area (Å²) in [5, 5.41) is 25.9. The molecule has 0 bridgehead atoms. The lowest BCUT2D eigenvalue weighted by molar-refractivity contribution is -0.135. The van der Waals surface area contributed by atoms with Crippen molar-refractivity contribution in [3.63, 3.8) is 0 Å². The third-order valence-electron chi connectivity index (χ3n) is 18.0. The number of rotatable bonds is 11. The number of anilines is 1. The first-order chi connectivity index (χ1) is 37.7. The number of halogens is 1. The van der Waals surface area contributed by atoms with E-state index >= 15 is 4.39 Å². The number of aromatic nitrogens is 5. The van der Waals surface area contributed by atoms with Gasteiger partial charge in [0.1, 0.15) is 42.0 Å². The van der Waals surface area contributed by atoms with Crippen LogP contribution in [-0.2, 0) is 21.4 Å². The van der Waals surface area contributed by atoms with Crippen LogP contribution in [0, 0.1) is 24.1 Å². The molecule has 6 fully saturated rings. The number of aryl methyl sites for hydroxylation is 1. The molecule has 6 aliphatic rings. The van der Waals surface area contributed by atoms with Gasteiger partial charge in [-0.15, -0.1) is 6.42 Å². The number of terminal acetylenes is 1. The Kier molecular flexibility index (Phi) is 13.6. The molecule has 6 aliphatic heterocycles. The summed E-state index contributed by atoms with van der Waals surface area (Å²) in [6, 6.07) is 13.9.